The van der Waals surface area contributed by atoms with E-state index < -0.39 is 11.7 Å². The first-order valence-electron chi connectivity index (χ1n) is 7.85. The van der Waals surface area contributed by atoms with Crippen molar-refractivity contribution in [2.45, 2.75) is 45.2 Å². The van der Waals surface area contributed by atoms with Gasteiger partial charge in [0.05, 0.1) is 5.56 Å². The highest BCUT2D eigenvalue weighted by Gasteiger charge is 2.30. The molecule has 0 saturated carbocycles. The van der Waals surface area contributed by atoms with Gasteiger partial charge in [-0.05, 0) is 43.0 Å². The van der Waals surface area contributed by atoms with Gasteiger partial charge in [-0.25, -0.2) is 0 Å². The number of aliphatic hydroxyl groups is 1. The average molecular weight is 326 g/mol. The van der Waals surface area contributed by atoms with Gasteiger partial charge in [0.2, 0.25) is 0 Å². The van der Waals surface area contributed by atoms with E-state index in [2.05, 4.69) is 6.92 Å². The molecule has 0 amide bonds. The molecule has 0 fully saturated rings. The Morgan fingerprint density at radius 3 is 2.30 bits per heavy atom. The van der Waals surface area contributed by atoms with Gasteiger partial charge < -0.3 is 9.52 Å². The van der Waals surface area contributed by atoms with Crippen molar-refractivity contribution in [2.75, 3.05) is 6.61 Å². The number of aryl methyl sites for hydroxylation is 2. The van der Waals surface area contributed by atoms with Gasteiger partial charge in [-0.3, -0.25) is 0 Å². The molecule has 0 spiro atoms. The highest BCUT2D eigenvalue weighted by molar-refractivity contribution is 5.59. The van der Waals surface area contributed by atoms with Crippen LogP contribution in [0.5, 0.6) is 0 Å². The third-order valence-electron chi connectivity index (χ3n) is 3.76. The van der Waals surface area contributed by atoms with Crippen molar-refractivity contribution in [3.8, 4) is 11.3 Å². The molecule has 0 aliphatic rings. The first-order valence-corrected chi connectivity index (χ1v) is 7.85. The fourth-order valence-corrected chi connectivity index (χ4v) is 2.46. The zero-order valence-corrected chi connectivity index (χ0v) is 13.1. The Hall–Kier alpha value is -1.75. The maximum atomic E-state index is 12.6. The molecule has 0 bridgehead atoms. The molecule has 1 N–H and O–H groups in total. The van der Waals surface area contributed by atoms with E-state index in [1.807, 2.05) is 6.07 Å². The summed E-state index contributed by atoms with van der Waals surface area (Å²) in [7, 11) is 0. The Labute approximate surface area is 133 Å². The minimum absolute atomic E-state index is 0.105. The van der Waals surface area contributed by atoms with Gasteiger partial charge in [0.15, 0.2) is 0 Å². The number of hydrogen-bond donors (Lipinski definition) is 1. The average Bonchev–Trinajstić information content (AvgIpc) is 2.93. The molecule has 2 nitrogen and oxygen atoms in total. The molecule has 0 aliphatic carbocycles. The second kappa shape index (κ2) is 7.68. The molecule has 1 aromatic carbocycles. The van der Waals surface area contributed by atoms with Crippen molar-refractivity contribution in [2.24, 2.45) is 0 Å². The van der Waals surface area contributed by atoms with Gasteiger partial charge >= 0.3 is 6.18 Å². The topological polar surface area (TPSA) is 33.4 Å². The van der Waals surface area contributed by atoms with Crippen molar-refractivity contribution in [1.82, 2.24) is 0 Å². The quantitative estimate of drug-likeness (QED) is 0.755. The number of rotatable bonds is 7. The summed E-state index contributed by atoms with van der Waals surface area (Å²) in [5, 5.41) is 8.99. The van der Waals surface area contributed by atoms with Gasteiger partial charge in [-0.15, -0.1) is 0 Å². The number of alkyl halides is 3. The van der Waals surface area contributed by atoms with Crippen LogP contribution in [0, 0.1) is 0 Å². The Morgan fingerprint density at radius 1 is 1.04 bits per heavy atom. The van der Waals surface area contributed by atoms with Crippen molar-refractivity contribution < 1.29 is 22.7 Å². The lowest BCUT2D eigenvalue weighted by Crippen LogP contribution is -2.03. The lowest BCUT2D eigenvalue weighted by molar-refractivity contribution is -0.137. The molecule has 0 atom stereocenters. The minimum Gasteiger partial charge on any atom is -0.461 e. The highest BCUT2D eigenvalue weighted by Crippen LogP contribution is 2.32. The van der Waals surface area contributed by atoms with Crippen molar-refractivity contribution in [3.63, 3.8) is 0 Å². The first kappa shape index (κ1) is 17.6. The van der Waals surface area contributed by atoms with Gasteiger partial charge in [0, 0.05) is 18.6 Å². The third kappa shape index (κ3) is 4.61. The van der Waals surface area contributed by atoms with Crippen LogP contribution in [0.25, 0.3) is 11.3 Å². The molecule has 126 valence electrons. The summed E-state index contributed by atoms with van der Waals surface area (Å²) >= 11 is 0. The van der Waals surface area contributed by atoms with Crippen LogP contribution >= 0.6 is 0 Å². The monoisotopic (exact) mass is 326 g/mol. The molecule has 23 heavy (non-hydrogen) atoms. The molecular weight excluding hydrogens is 305 g/mol. The second-order valence-electron chi connectivity index (χ2n) is 5.56. The molecule has 1 aromatic heterocycles. The van der Waals surface area contributed by atoms with E-state index in [0.29, 0.717) is 24.2 Å². The first-order chi connectivity index (χ1) is 11.0. The molecule has 1 heterocycles. The number of hydrogen-bond acceptors (Lipinski definition) is 2. The van der Waals surface area contributed by atoms with Crippen LogP contribution in [-0.2, 0) is 19.0 Å². The Balaban J connectivity index is 2.26. The predicted molar refractivity (Wildman–Crippen MR) is 83.2 cm³/mol. The Bertz CT molecular complexity index is 587. The van der Waals surface area contributed by atoms with Gasteiger partial charge in [0.1, 0.15) is 11.5 Å². The molecule has 5 heteroatoms. The van der Waals surface area contributed by atoms with E-state index in [1.54, 1.807) is 0 Å². The van der Waals surface area contributed by atoms with Crippen LogP contribution < -0.4 is 0 Å². The molecule has 0 aliphatic heterocycles. The van der Waals surface area contributed by atoms with Crippen LogP contribution in [-0.4, -0.2) is 11.7 Å². The Morgan fingerprint density at radius 2 is 1.74 bits per heavy atom. The summed E-state index contributed by atoms with van der Waals surface area (Å²) < 4.78 is 43.7. The normalized spacial score (nSPS) is 11.9. The summed E-state index contributed by atoms with van der Waals surface area (Å²) in [6.07, 6.45) is -0.148. The van der Waals surface area contributed by atoms with Crippen LogP contribution in [0.2, 0.25) is 0 Å². The van der Waals surface area contributed by atoms with Crippen LogP contribution in [0.15, 0.2) is 34.7 Å². The predicted octanol–water partition coefficient (Wildman–Crippen LogP) is 5.23. The molecule has 0 radical (unpaired) electrons. The van der Waals surface area contributed by atoms with E-state index >= 15 is 0 Å². The largest absolute Gasteiger partial charge is 0.461 e. The van der Waals surface area contributed by atoms with Crippen molar-refractivity contribution >= 4 is 0 Å². The van der Waals surface area contributed by atoms with Crippen LogP contribution in [0.3, 0.4) is 0 Å². The van der Waals surface area contributed by atoms with E-state index in [9.17, 15) is 13.2 Å². The third-order valence-corrected chi connectivity index (χ3v) is 3.76. The number of furan rings is 1. The zero-order valence-electron chi connectivity index (χ0n) is 13.1. The van der Waals surface area contributed by atoms with E-state index in [0.717, 1.165) is 42.7 Å². The molecule has 2 rings (SSSR count). The van der Waals surface area contributed by atoms with Crippen molar-refractivity contribution in [1.29, 1.82) is 0 Å². The Kier molecular flexibility index (Phi) is 5.88. The number of unbranched alkanes of at least 4 members (excludes halogenated alkanes) is 1. The summed E-state index contributed by atoms with van der Waals surface area (Å²) in [4.78, 5) is 0. The smallest absolute Gasteiger partial charge is 0.416 e. The summed E-state index contributed by atoms with van der Waals surface area (Å²) in [6.45, 7) is 2.20. The highest BCUT2D eigenvalue weighted by atomic mass is 19.4. The fourth-order valence-electron chi connectivity index (χ4n) is 2.46. The zero-order chi connectivity index (χ0) is 16.9. The number of benzene rings is 1. The maximum Gasteiger partial charge on any atom is 0.416 e. The number of aliphatic hydroxyl groups excluding tert-OH is 1. The van der Waals surface area contributed by atoms with E-state index in [1.165, 1.54) is 12.1 Å². The van der Waals surface area contributed by atoms with Gasteiger partial charge in [-0.1, -0.05) is 25.5 Å². The molecular formula is C18H21F3O2. The van der Waals surface area contributed by atoms with E-state index in [4.69, 9.17) is 9.52 Å². The summed E-state index contributed by atoms with van der Waals surface area (Å²) in [5.74, 6) is 1.45. The minimum atomic E-state index is -4.33. The van der Waals surface area contributed by atoms with Gasteiger partial charge in [-0.2, -0.15) is 13.2 Å². The maximum absolute atomic E-state index is 12.6. The molecule has 2 aromatic rings. The molecule has 0 unspecified atom stereocenters. The van der Waals surface area contributed by atoms with Crippen LogP contribution in [0.4, 0.5) is 13.2 Å². The number of halogens is 3. The standard InChI is InChI=1S/C18H21F3O2/c1-2-3-6-16-14(5-4-11-22)12-17(23-16)13-7-9-15(10-8-13)18(19,20)21/h7-10,12,22H,2-6,11H2,1H3. The van der Waals surface area contributed by atoms with Crippen LogP contribution in [0.1, 0.15) is 43.1 Å². The lowest BCUT2D eigenvalue weighted by Gasteiger charge is -2.06. The summed E-state index contributed by atoms with van der Waals surface area (Å²) in [6, 6.07) is 6.87. The summed E-state index contributed by atoms with van der Waals surface area (Å²) in [5.41, 5.74) is 0.993. The second-order valence-corrected chi connectivity index (χ2v) is 5.56. The fraction of sp³-hybridized carbons (Fsp3) is 0.444. The van der Waals surface area contributed by atoms with E-state index in [-0.39, 0.29) is 6.61 Å². The van der Waals surface area contributed by atoms with Crippen molar-refractivity contribution in [3.05, 3.63) is 47.2 Å². The lowest BCUT2D eigenvalue weighted by atomic mass is 10.1. The molecule has 0 saturated heterocycles. The SMILES string of the molecule is CCCCc1oc(-c2ccc(C(F)(F)F)cc2)cc1CCCO. The van der Waals surface area contributed by atoms with Gasteiger partial charge in [0.25, 0.3) is 0 Å².